The third kappa shape index (κ3) is 6.28. The highest BCUT2D eigenvalue weighted by Gasteiger charge is 2.15. The van der Waals surface area contributed by atoms with Gasteiger partial charge in [-0.25, -0.2) is 4.98 Å². The summed E-state index contributed by atoms with van der Waals surface area (Å²) in [6, 6.07) is 7.23. The molecule has 2 rings (SSSR count). The summed E-state index contributed by atoms with van der Waals surface area (Å²) in [4.78, 5) is 28.6. The number of amides is 2. The van der Waals surface area contributed by atoms with Gasteiger partial charge in [-0.3, -0.25) is 9.59 Å². The van der Waals surface area contributed by atoms with Crippen LogP contribution in [0.3, 0.4) is 0 Å². The molecular formula is C19H26N4O4S. The predicted octanol–water partition coefficient (Wildman–Crippen LogP) is 2.03. The van der Waals surface area contributed by atoms with Crippen molar-refractivity contribution in [1.29, 1.82) is 0 Å². The maximum absolute atomic E-state index is 12.3. The van der Waals surface area contributed by atoms with Gasteiger partial charge in [-0.05, 0) is 25.5 Å². The second-order valence-electron chi connectivity index (χ2n) is 5.89. The van der Waals surface area contributed by atoms with E-state index in [4.69, 9.17) is 4.74 Å². The van der Waals surface area contributed by atoms with E-state index in [1.165, 1.54) is 18.0 Å². The second-order valence-corrected chi connectivity index (χ2v) is 6.83. The maximum atomic E-state index is 12.3. The van der Waals surface area contributed by atoms with Crippen molar-refractivity contribution in [3.05, 3.63) is 36.2 Å². The number of hydrogen-bond acceptors (Lipinski definition) is 6. The van der Waals surface area contributed by atoms with E-state index in [2.05, 4.69) is 15.6 Å². The summed E-state index contributed by atoms with van der Waals surface area (Å²) in [6.45, 7) is 4.76. The van der Waals surface area contributed by atoms with E-state index in [1.54, 1.807) is 16.7 Å². The summed E-state index contributed by atoms with van der Waals surface area (Å²) >= 11 is 1.20. The molecule has 0 aliphatic heterocycles. The molecule has 9 heteroatoms. The smallest absolute Gasteiger partial charge is 0.240 e. The normalized spacial score (nSPS) is 10.5. The van der Waals surface area contributed by atoms with Crippen molar-refractivity contribution < 1.29 is 19.4 Å². The standard InChI is InChI=1S/C19H26N4O4S/c1-3-9-20-17(25)11-23-14(12-24)10-21-19(23)28-13-18(26)22-15-7-5-6-8-16(15)27-4-2/h5-8,10,24H,3-4,9,11-13H2,1-2H3,(H,20,25)(H,22,26). The zero-order chi connectivity index (χ0) is 20.4. The third-order valence-electron chi connectivity index (χ3n) is 3.73. The molecule has 0 radical (unpaired) electrons. The van der Waals surface area contributed by atoms with Gasteiger partial charge in [0.05, 0.1) is 36.5 Å². The van der Waals surface area contributed by atoms with Crippen LogP contribution in [0.1, 0.15) is 26.0 Å². The molecule has 8 nitrogen and oxygen atoms in total. The van der Waals surface area contributed by atoms with E-state index in [0.717, 1.165) is 6.42 Å². The van der Waals surface area contributed by atoms with Crippen LogP contribution in [-0.2, 0) is 22.7 Å². The number of aromatic nitrogens is 2. The molecule has 152 valence electrons. The Balaban J connectivity index is 1.99. The van der Waals surface area contributed by atoms with Crippen molar-refractivity contribution in [2.45, 2.75) is 38.6 Å². The van der Waals surface area contributed by atoms with E-state index in [-0.39, 0.29) is 30.7 Å². The van der Waals surface area contributed by atoms with Crippen LogP contribution in [0.15, 0.2) is 35.6 Å². The number of thioether (sulfide) groups is 1. The summed E-state index contributed by atoms with van der Waals surface area (Å²) < 4.78 is 7.13. The van der Waals surface area contributed by atoms with Crippen molar-refractivity contribution >= 4 is 29.3 Å². The van der Waals surface area contributed by atoms with Crippen molar-refractivity contribution in [2.24, 2.45) is 0 Å². The maximum Gasteiger partial charge on any atom is 0.240 e. The number of imidazole rings is 1. The molecule has 28 heavy (non-hydrogen) atoms. The molecule has 2 aromatic rings. The number of anilines is 1. The lowest BCUT2D eigenvalue weighted by molar-refractivity contribution is -0.121. The summed E-state index contributed by atoms with van der Waals surface area (Å²) in [5, 5.41) is 15.6. The Kier molecular flexibility index (Phi) is 8.83. The average molecular weight is 407 g/mol. The number of benzene rings is 1. The number of aliphatic hydroxyl groups is 1. The van der Waals surface area contributed by atoms with E-state index in [9.17, 15) is 14.7 Å². The first-order valence-electron chi connectivity index (χ1n) is 9.15. The highest BCUT2D eigenvalue weighted by atomic mass is 32.2. The summed E-state index contributed by atoms with van der Waals surface area (Å²) in [7, 11) is 0. The van der Waals surface area contributed by atoms with Crippen LogP contribution >= 0.6 is 11.8 Å². The van der Waals surface area contributed by atoms with Crippen LogP contribution in [0.4, 0.5) is 5.69 Å². The van der Waals surface area contributed by atoms with Crippen LogP contribution < -0.4 is 15.4 Å². The van der Waals surface area contributed by atoms with Crippen LogP contribution in [0.5, 0.6) is 5.75 Å². The minimum atomic E-state index is -0.234. The zero-order valence-corrected chi connectivity index (χ0v) is 16.9. The largest absolute Gasteiger partial charge is 0.492 e. The number of nitrogens with one attached hydrogen (secondary N) is 2. The Labute approximate surface area is 168 Å². The molecule has 1 aromatic carbocycles. The Morgan fingerprint density at radius 2 is 2.04 bits per heavy atom. The molecule has 2 amide bonds. The lowest BCUT2D eigenvalue weighted by Gasteiger charge is -2.12. The van der Waals surface area contributed by atoms with Crippen molar-refractivity contribution in [2.75, 3.05) is 24.2 Å². The van der Waals surface area contributed by atoms with Crippen LogP contribution in [-0.4, -0.2) is 45.4 Å². The molecular weight excluding hydrogens is 380 g/mol. The topological polar surface area (TPSA) is 105 Å². The van der Waals surface area contributed by atoms with Crippen molar-refractivity contribution in [1.82, 2.24) is 14.9 Å². The molecule has 0 aliphatic rings. The van der Waals surface area contributed by atoms with Crippen molar-refractivity contribution in [3.8, 4) is 5.75 Å². The molecule has 0 unspecified atom stereocenters. The van der Waals surface area contributed by atoms with Gasteiger partial charge in [0.25, 0.3) is 0 Å². The Bertz CT molecular complexity index is 794. The van der Waals surface area contributed by atoms with Gasteiger partial charge in [-0.1, -0.05) is 30.8 Å². The first kappa shape index (κ1) is 21.8. The highest BCUT2D eigenvalue weighted by molar-refractivity contribution is 7.99. The van der Waals surface area contributed by atoms with Crippen LogP contribution in [0.25, 0.3) is 0 Å². The Morgan fingerprint density at radius 1 is 1.25 bits per heavy atom. The molecule has 0 atom stereocenters. The molecule has 1 aromatic heterocycles. The first-order valence-corrected chi connectivity index (χ1v) is 10.1. The SMILES string of the molecule is CCCNC(=O)Cn1c(CO)cnc1SCC(=O)Nc1ccccc1OCC. The third-order valence-corrected chi connectivity index (χ3v) is 4.72. The molecule has 3 N–H and O–H groups in total. The van der Waals surface area contributed by atoms with E-state index in [0.29, 0.717) is 35.4 Å². The number of ether oxygens (including phenoxy) is 1. The van der Waals surface area contributed by atoms with E-state index < -0.39 is 0 Å². The van der Waals surface area contributed by atoms with Gasteiger partial charge in [-0.2, -0.15) is 0 Å². The number of rotatable bonds is 11. The van der Waals surface area contributed by atoms with Crippen LogP contribution in [0.2, 0.25) is 0 Å². The first-order chi connectivity index (χ1) is 13.6. The molecule has 0 saturated heterocycles. The molecule has 0 fully saturated rings. The van der Waals surface area contributed by atoms with Gasteiger partial charge in [0.2, 0.25) is 11.8 Å². The average Bonchev–Trinajstić information content (AvgIpc) is 3.08. The van der Waals surface area contributed by atoms with Gasteiger partial charge < -0.3 is 25.0 Å². The number of carbonyl (C=O) groups excluding carboxylic acids is 2. The predicted molar refractivity (Wildman–Crippen MR) is 108 cm³/mol. The summed E-state index contributed by atoms with van der Waals surface area (Å²) in [5.74, 6) is 0.345. The number of para-hydroxylation sites is 2. The fourth-order valence-electron chi connectivity index (χ4n) is 2.43. The van der Waals surface area contributed by atoms with E-state index in [1.807, 2.05) is 26.0 Å². The molecule has 1 heterocycles. The number of aliphatic hydroxyl groups excluding tert-OH is 1. The number of hydrogen-bond donors (Lipinski definition) is 3. The Morgan fingerprint density at radius 3 is 2.75 bits per heavy atom. The molecule has 0 spiro atoms. The zero-order valence-electron chi connectivity index (χ0n) is 16.1. The van der Waals surface area contributed by atoms with Gasteiger partial charge in [-0.15, -0.1) is 0 Å². The minimum Gasteiger partial charge on any atom is -0.492 e. The monoisotopic (exact) mass is 406 g/mol. The molecule has 0 bridgehead atoms. The highest BCUT2D eigenvalue weighted by Crippen LogP contribution is 2.25. The fraction of sp³-hybridized carbons (Fsp3) is 0.421. The van der Waals surface area contributed by atoms with Gasteiger partial charge >= 0.3 is 0 Å². The van der Waals surface area contributed by atoms with Crippen LogP contribution in [0, 0.1) is 0 Å². The van der Waals surface area contributed by atoms with Gasteiger partial charge in [0.15, 0.2) is 5.16 Å². The summed E-state index contributed by atoms with van der Waals surface area (Å²) in [6.07, 6.45) is 2.35. The van der Waals surface area contributed by atoms with Crippen molar-refractivity contribution in [3.63, 3.8) is 0 Å². The second kappa shape index (κ2) is 11.4. The number of carbonyl (C=O) groups is 2. The van der Waals surface area contributed by atoms with Gasteiger partial charge in [0, 0.05) is 6.54 Å². The number of nitrogens with zero attached hydrogens (tertiary/aromatic N) is 2. The van der Waals surface area contributed by atoms with E-state index >= 15 is 0 Å². The fourth-order valence-corrected chi connectivity index (χ4v) is 3.23. The molecule has 0 saturated carbocycles. The Hall–Kier alpha value is -2.52. The lowest BCUT2D eigenvalue weighted by Crippen LogP contribution is -2.29. The minimum absolute atomic E-state index is 0.0486. The lowest BCUT2D eigenvalue weighted by atomic mass is 10.3. The summed E-state index contributed by atoms with van der Waals surface area (Å²) in [5.41, 5.74) is 1.13. The molecule has 0 aliphatic carbocycles. The quantitative estimate of drug-likeness (QED) is 0.493. The van der Waals surface area contributed by atoms with Gasteiger partial charge in [0.1, 0.15) is 12.3 Å².